The molecular weight excluding hydrogens is 226 g/mol. The maximum absolute atomic E-state index is 11.0. The number of carbonyl (C=O) groups is 1. The molecule has 0 N–H and O–H groups in total. The first kappa shape index (κ1) is 7.43. The van der Waals surface area contributed by atoms with E-state index in [1.807, 2.05) is 0 Å². The number of carbonyl (C=O) groups excluding carboxylic acids is 1. The van der Waals surface area contributed by atoms with Gasteiger partial charge in [-0.15, -0.1) is 11.3 Å². The van der Waals surface area contributed by atoms with E-state index in [0.717, 1.165) is 20.9 Å². The normalized spacial score (nSPS) is 16.6. The van der Waals surface area contributed by atoms with Crippen LogP contribution in [0.2, 0.25) is 0 Å². The number of hydrogen-bond acceptors (Lipinski definition) is 3. The molecule has 0 bridgehead atoms. The van der Waals surface area contributed by atoms with Crippen molar-refractivity contribution in [1.82, 2.24) is 4.98 Å². The number of aromatic nitrogens is 1. The lowest BCUT2D eigenvalue weighted by Crippen LogP contribution is -2.11. The minimum atomic E-state index is 0.341. The number of rotatable bonds is 0. The van der Waals surface area contributed by atoms with Crippen molar-refractivity contribution in [1.29, 1.82) is 0 Å². The molecule has 1 aromatic heterocycles. The van der Waals surface area contributed by atoms with E-state index in [0.29, 0.717) is 18.6 Å². The molecule has 0 fully saturated rings. The standard InChI is InChI=1S/C7H6BrNOS/c8-7-9-5-2-1-4(10)3-6(5)11-7/h1-3H2. The highest BCUT2D eigenvalue weighted by Crippen LogP contribution is 2.27. The molecule has 2 rings (SSSR count). The summed E-state index contributed by atoms with van der Waals surface area (Å²) in [4.78, 5) is 16.4. The fraction of sp³-hybridized carbons (Fsp3) is 0.429. The highest BCUT2D eigenvalue weighted by Gasteiger charge is 2.19. The van der Waals surface area contributed by atoms with Gasteiger partial charge in [0.2, 0.25) is 0 Å². The second-order valence-electron chi connectivity index (χ2n) is 2.55. The summed E-state index contributed by atoms with van der Waals surface area (Å²) in [6, 6.07) is 0. The van der Waals surface area contributed by atoms with E-state index in [1.54, 1.807) is 11.3 Å². The topological polar surface area (TPSA) is 30.0 Å². The molecule has 58 valence electrons. The minimum Gasteiger partial charge on any atom is -0.299 e. The monoisotopic (exact) mass is 231 g/mol. The smallest absolute Gasteiger partial charge is 0.159 e. The van der Waals surface area contributed by atoms with Gasteiger partial charge in [0, 0.05) is 17.7 Å². The summed E-state index contributed by atoms with van der Waals surface area (Å²) in [7, 11) is 0. The van der Waals surface area contributed by atoms with Crippen molar-refractivity contribution < 1.29 is 4.79 Å². The van der Waals surface area contributed by atoms with Crippen LogP contribution in [0.25, 0.3) is 0 Å². The Labute approximate surface area is 76.8 Å². The zero-order valence-corrected chi connectivity index (χ0v) is 8.17. The van der Waals surface area contributed by atoms with E-state index in [9.17, 15) is 4.79 Å². The average Bonchev–Trinajstić information content (AvgIpc) is 2.27. The van der Waals surface area contributed by atoms with Crippen LogP contribution in [-0.4, -0.2) is 10.8 Å². The van der Waals surface area contributed by atoms with Crippen molar-refractivity contribution in [2.24, 2.45) is 0 Å². The summed E-state index contributed by atoms with van der Waals surface area (Å²) in [6.45, 7) is 0. The molecule has 11 heavy (non-hydrogen) atoms. The third-order valence-electron chi connectivity index (χ3n) is 1.75. The number of halogens is 1. The second-order valence-corrected chi connectivity index (χ2v) is 4.91. The lowest BCUT2D eigenvalue weighted by Gasteiger charge is -2.06. The van der Waals surface area contributed by atoms with Crippen LogP contribution in [0, 0.1) is 0 Å². The van der Waals surface area contributed by atoms with E-state index in [4.69, 9.17) is 0 Å². The number of nitrogens with zero attached hydrogens (tertiary/aromatic N) is 1. The summed E-state index contributed by atoms with van der Waals surface area (Å²) in [5.41, 5.74) is 1.11. The summed E-state index contributed by atoms with van der Waals surface area (Å²) >= 11 is 4.89. The molecule has 0 saturated carbocycles. The number of aryl methyl sites for hydroxylation is 1. The number of fused-ring (bicyclic) bond motifs is 1. The van der Waals surface area contributed by atoms with Crippen LogP contribution in [0.4, 0.5) is 0 Å². The summed E-state index contributed by atoms with van der Waals surface area (Å²) in [6.07, 6.45) is 2.10. The number of ketones is 1. The third kappa shape index (κ3) is 1.37. The number of thiazole rings is 1. The Bertz CT molecular complexity index is 307. The van der Waals surface area contributed by atoms with Gasteiger partial charge >= 0.3 is 0 Å². The van der Waals surface area contributed by atoms with Gasteiger partial charge in [-0.1, -0.05) is 0 Å². The molecule has 2 nitrogen and oxygen atoms in total. The predicted molar refractivity (Wildman–Crippen MR) is 46.8 cm³/mol. The van der Waals surface area contributed by atoms with Crippen molar-refractivity contribution in [3.05, 3.63) is 14.5 Å². The molecular formula is C7H6BrNOS. The predicted octanol–water partition coefficient (Wildman–Crippen LogP) is 1.96. The van der Waals surface area contributed by atoms with Gasteiger partial charge in [0.05, 0.1) is 5.69 Å². The van der Waals surface area contributed by atoms with Crippen LogP contribution >= 0.6 is 27.3 Å². The maximum atomic E-state index is 11.0. The van der Waals surface area contributed by atoms with Crippen molar-refractivity contribution in [3.8, 4) is 0 Å². The number of hydrogen-bond donors (Lipinski definition) is 0. The summed E-state index contributed by atoms with van der Waals surface area (Å²) in [5, 5.41) is 0. The van der Waals surface area contributed by atoms with Crippen molar-refractivity contribution >= 4 is 33.0 Å². The van der Waals surface area contributed by atoms with E-state index in [2.05, 4.69) is 20.9 Å². The molecule has 4 heteroatoms. The Morgan fingerprint density at radius 1 is 1.45 bits per heavy atom. The Morgan fingerprint density at radius 3 is 3.09 bits per heavy atom. The highest BCUT2D eigenvalue weighted by molar-refractivity contribution is 9.11. The SMILES string of the molecule is O=C1CCc2nc(Br)sc2C1. The zero-order valence-electron chi connectivity index (χ0n) is 5.76. The molecule has 0 unspecified atom stereocenters. The lowest BCUT2D eigenvalue weighted by atomic mass is 10.0. The maximum Gasteiger partial charge on any atom is 0.159 e. The van der Waals surface area contributed by atoms with Gasteiger partial charge in [-0.3, -0.25) is 4.79 Å². The van der Waals surface area contributed by atoms with Crippen molar-refractivity contribution in [2.75, 3.05) is 0 Å². The first-order chi connectivity index (χ1) is 5.25. The van der Waals surface area contributed by atoms with Crippen LogP contribution in [0.15, 0.2) is 3.92 Å². The molecule has 1 aliphatic rings. The van der Waals surface area contributed by atoms with Gasteiger partial charge in [-0.2, -0.15) is 0 Å². The van der Waals surface area contributed by atoms with Gasteiger partial charge < -0.3 is 0 Å². The molecule has 0 radical (unpaired) electrons. The number of Topliss-reactive ketones (excluding diaryl/α,β-unsaturated/α-hetero) is 1. The molecule has 0 spiro atoms. The molecule has 0 aromatic carbocycles. The van der Waals surface area contributed by atoms with Crippen LogP contribution in [-0.2, 0) is 17.6 Å². The average molecular weight is 232 g/mol. The van der Waals surface area contributed by atoms with E-state index >= 15 is 0 Å². The first-order valence-corrected chi connectivity index (χ1v) is 5.02. The lowest BCUT2D eigenvalue weighted by molar-refractivity contribution is -0.118. The summed E-state index contributed by atoms with van der Waals surface area (Å²) in [5.74, 6) is 0.341. The van der Waals surface area contributed by atoms with Crippen molar-refractivity contribution in [2.45, 2.75) is 19.3 Å². The Kier molecular flexibility index (Phi) is 1.81. The first-order valence-electron chi connectivity index (χ1n) is 3.41. The quantitative estimate of drug-likeness (QED) is 0.684. The van der Waals surface area contributed by atoms with E-state index in [-0.39, 0.29) is 0 Å². The Morgan fingerprint density at radius 2 is 2.27 bits per heavy atom. The van der Waals surface area contributed by atoms with Crippen LogP contribution < -0.4 is 0 Å². The fourth-order valence-electron chi connectivity index (χ4n) is 1.21. The molecule has 0 amide bonds. The second kappa shape index (κ2) is 2.68. The van der Waals surface area contributed by atoms with Crippen molar-refractivity contribution in [3.63, 3.8) is 0 Å². The molecule has 0 aliphatic heterocycles. The van der Waals surface area contributed by atoms with Gasteiger partial charge in [0.25, 0.3) is 0 Å². The summed E-state index contributed by atoms with van der Waals surface area (Å²) < 4.78 is 0.900. The van der Waals surface area contributed by atoms with Crippen LogP contribution in [0.5, 0.6) is 0 Å². The van der Waals surface area contributed by atoms with E-state index < -0.39 is 0 Å². The van der Waals surface area contributed by atoms with Crippen LogP contribution in [0.1, 0.15) is 17.0 Å². The van der Waals surface area contributed by atoms with Gasteiger partial charge in [0.1, 0.15) is 5.78 Å². The molecule has 1 heterocycles. The van der Waals surface area contributed by atoms with Gasteiger partial charge in [0.15, 0.2) is 3.92 Å². The zero-order chi connectivity index (χ0) is 7.84. The van der Waals surface area contributed by atoms with E-state index in [1.165, 1.54) is 0 Å². The molecule has 1 aliphatic carbocycles. The Balaban J connectivity index is 2.41. The fourth-order valence-corrected chi connectivity index (χ4v) is 2.87. The van der Waals surface area contributed by atoms with Gasteiger partial charge in [-0.25, -0.2) is 4.98 Å². The highest BCUT2D eigenvalue weighted by atomic mass is 79.9. The van der Waals surface area contributed by atoms with Crippen LogP contribution in [0.3, 0.4) is 0 Å². The molecule has 1 aromatic rings. The largest absolute Gasteiger partial charge is 0.299 e. The Hall–Kier alpha value is -0.220. The minimum absolute atomic E-state index is 0.341. The third-order valence-corrected chi connectivity index (χ3v) is 3.30. The molecule has 0 atom stereocenters. The molecule has 0 saturated heterocycles. The van der Waals surface area contributed by atoms with Gasteiger partial charge in [-0.05, 0) is 22.4 Å².